The molecule has 166 valence electrons. The molecular formula is C24H30FN3O2S. The van der Waals surface area contributed by atoms with Gasteiger partial charge in [0.05, 0.1) is 6.54 Å². The number of amides is 3. The van der Waals surface area contributed by atoms with Gasteiger partial charge in [-0.15, -0.1) is 17.9 Å². The molecular weight excluding hydrogens is 413 g/mol. The highest BCUT2D eigenvalue weighted by atomic mass is 32.1. The van der Waals surface area contributed by atoms with E-state index < -0.39 is 0 Å². The largest absolute Gasteiger partial charge is 0.335 e. The normalized spacial score (nSPS) is 14.1. The lowest BCUT2D eigenvalue weighted by Gasteiger charge is -2.29. The molecule has 0 aliphatic heterocycles. The number of nitrogens with one attached hydrogen (secondary N) is 1. The Morgan fingerprint density at radius 2 is 1.84 bits per heavy atom. The number of urea groups is 1. The van der Waals surface area contributed by atoms with Crippen molar-refractivity contribution in [1.29, 1.82) is 0 Å². The molecule has 0 bridgehead atoms. The van der Waals surface area contributed by atoms with Crippen molar-refractivity contribution >= 4 is 23.3 Å². The van der Waals surface area contributed by atoms with E-state index in [1.54, 1.807) is 34.4 Å². The Bertz CT molecular complexity index is 848. The van der Waals surface area contributed by atoms with E-state index in [2.05, 4.69) is 11.9 Å². The Kier molecular flexibility index (Phi) is 8.64. The van der Waals surface area contributed by atoms with Gasteiger partial charge in [-0.1, -0.05) is 43.5 Å². The first kappa shape index (κ1) is 23.0. The van der Waals surface area contributed by atoms with Crippen LogP contribution >= 0.6 is 11.3 Å². The maximum atomic E-state index is 13.3. The number of thiophene rings is 1. The van der Waals surface area contributed by atoms with Crippen LogP contribution in [0.5, 0.6) is 0 Å². The molecule has 2 aromatic rings. The van der Waals surface area contributed by atoms with Crippen LogP contribution in [0.15, 0.2) is 54.4 Å². The first-order chi connectivity index (χ1) is 15.0. The van der Waals surface area contributed by atoms with Gasteiger partial charge in [-0.05, 0) is 42.0 Å². The Labute approximate surface area is 187 Å². The quantitative estimate of drug-likeness (QED) is 0.558. The molecule has 7 heteroatoms. The van der Waals surface area contributed by atoms with Crippen molar-refractivity contribution in [3.63, 3.8) is 0 Å². The van der Waals surface area contributed by atoms with E-state index in [0.717, 1.165) is 36.1 Å². The zero-order valence-corrected chi connectivity index (χ0v) is 18.6. The smallest absolute Gasteiger partial charge is 0.318 e. The number of benzene rings is 1. The van der Waals surface area contributed by atoms with Crippen LogP contribution in [0.1, 0.15) is 42.5 Å². The number of nitrogens with zero attached hydrogens (tertiary/aromatic N) is 2. The fourth-order valence-electron chi connectivity index (χ4n) is 3.78. The van der Waals surface area contributed by atoms with Gasteiger partial charge in [0.2, 0.25) is 5.91 Å². The Balaban J connectivity index is 1.68. The third-order valence-corrected chi connectivity index (χ3v) is 6.32. The molecule has 3 rings (SSSR count). The average molecular weight is 444 g/mol. The lowest BCUT2D eigenvalue weighted by molar-refractivity contribution is -0.133. The molecule has 1 N–H and O–H groups in total. The van der Waals surface area contributed by atoms with Crippen molar-refractivity contribution in [3.8, 4) is 0 Å². The van der Waals surface area contributed by atoms with Gasteiger partial charge in [0.1, 0.15) is 12.4 Å². The number of hydrogen-bond donors (Lipinski definition) is 1. The Morgan fingerprint density at radius 3 is 2.48 bits per heavy atom. The summed E-state index contributed by atoms with van der Waals surface area (Å²) in [7, 11) is 0. The molecule has 1 aliphatic rings. The minimum atomic E-state index is -0.309. The average Bonchev–Trinajstić information content (AvgIpc) is 3.28. The number of carbonyl (C=O) groups is 2. The van der Waals surface area contributed by atoms with Gasteiger partial charge in [0.15, 0.2) is 0 Å². The maximum Gasteiger partial charge on any atom is 0.318 e. The molecule has 0 atom stereocenters. The molecule has 1 aliphatic carbocycles. The van der Waals surface area contributed by atoms with Gasteiger partial charge in [-0.25, -0.2) is 9.18 Å². The maximum absolute atomic E-state index is 13.3. The highest BCUT2D eigenvalue weighted by Gasteiger charge is 2.24. The number of rotatable bonds is 9. The van der Waals surface area contributed by atoms with Crippen molar-refractivity contribution in [2.75, 3.05) is 13.1 Å². The topological polar surface area (TPSA) is 52.7 Å². The number of halogens is 1. The zero-order valence-electron chi connectivity index (χ0n) is 17.8. The van der Waals surface area contributed by atoms with Gasteiger partial charge >= 0.3 is 6.03 Å². The second kappa shape index (κ2) is 11.6. The van der Waals surface area contributed by atoms with Crippen molar-refractivity contribution < 1.29 is 14.0 Å². The van der Waals surface area contributed by atoms with E-state index in [9.17, 15) is 14.0 Å². The second-order valence-electron chi connectivity index (χ2n) is 7.91. The standard InChI is InChI=1S/C24H30FN3O2S/c1-2-14-27(24(30)26-21-7-4-3-5-8-21)18-23(29)28(17-22-9-6-15-31-22)16-19-10-12-20(25)13-11-19/h2,6,9-13,15,21H,1,3-5,7-8,14,16-18H2,(H,26,30). The molecule has 31 heavy (non-hydrogen) atoms. The minimum Gasteiger partial charge on any atom is -0.335 e. The van der Waals surface area contributed by atoms with E-state index in [4.69, 9.17) is 0 Å². The van der Waals surface area contributed by atoms with Gasteiger partial charge in [0, 0.05) is 24.0 Å². The number of hydrogen-bond acceptors (Lipinski definition) is 3. The van der Waals surface area contributed by atoms with Gasteiger partial charge in [0.25, 0.3) is 0 Å². The van der Waals surface area contributed by atoms with Crippen molar-refractivity contribution in [2.45, 2.75) is 51.2 Å². The lowest BCUT2D eigenvalue weighted by atomic mass is 9.96. The molecule has 1 saturated carbocycles. The summed E-state index contributed by atoms with van der Waals surface area (Å²) >= 11 is 1.58. The van der Waals surface area contributed by atoms with Crippen molar-refractivity contribution in [3.05, 3.63) is 70.7 Å². The lowest BCUT2D eigenvalue weighted by Crippen LogP contribution is -2.49. The zero-order chi connectivity index (χ0) is 22.1. The van der Waals surface area contributed by atoms with Crippen molar-refractivity contribution in [2.24, 2.45) is 0 Å². The third-order valence-electron chi connectivity index (χ3n) is 5.46. The van der Waals surface area contributed by atoms with Crippen LogP contribution in [0.25, 0.3) is 0 Å². The van der Waals surface area contributed by atoms with Crippen molar-refractivity contribution in [1.82, 2.24) is 15.1 Å². The molecule has 1 heterocycles. The summed E-state index contributed by atoms with van der Waals surface area (Å²) in [5.74, 6) is -0.463. The second-order valence-corrected chi connectivity index (χ2v) is 8.94. The van der Waals surface area contributed by atoms with E-state index in [1.807, 2.05) is 17.5 Å². The molecule has 1 aromatic heterocycles. The summed E-state index contributed by atoms with van der Waals surface area (Å²) in [4.78, 5) is 30.3. The minimum absolute atomic E-state index is 0.0306. The van der Waals surface area contributed by atoms with E-state index in [0.29, 0.717) is 19.6 Å². The molecule has 1 fully saturated rings. The first-order valence-electron chi connectivity index (χ1n) is 10.8. The van der Waals surface area contributed by atoms with Crippen LogP contribution in [0.2, 0.25) is 0 Å². The van der Waals surface area contributed by atoms with E-state index in [-0.39, 0.29) is 30.3 Å². The van der Waals surface area contributed by atoms with Gasteiger partial charge in [-0.3, -0.25) is 4.79 Å². The highest BCUT2D eigenvalue weighted by molar-refractivity contribution is 7.09. The molecule has 0 radical (unpaired) electrons. The summed E-state index contributed by atoms with van der Waals surface area (Å²) in [5.41, 5.74) is 0.841. The fourth-order valence-corrected chi connectivity index (χ4v) is 4.50. The van der Waals surface area contributed by atoms with Crippen LogP contribution in [0, 0.1) is 5.82 Å². The third kappa shape index (κ3) is 7.21. The monoisotopic (exact) mass is 443 g/mol. The van der Waals surface area contributed by atoms with Crippen LogP contribution in [0.3, 0.4) is 0 Å². The molecule has 1 aromatic carbocycles. The summed E-state index contributed by atoms with van der Waals surface area (Å²) in [6, 6.07) is 10.0. The summed E-state index contributed by atoms with van der Waals surface area (Å²) in [6.45, 7) is 4.80. The Morgan fingerprint density at radius 1 is 1.10 bits per heavy atom. The predicted octanol–water partition coefficient (Wildman–Crippen LogP) is 4.95. The fraction of sp³-hybridized carbons (Fsp3) is 0.417. The molecule has 3 amide bonds. The number of carbonyl (C=O) groups excluding carboxylic acids is 2. The predicted molar refractivity (Wildman–Crippen MR) is 122 cm³/mol. The molecule has 5 nitrogen and oxygen atoms in total. The van der Waals surface area contributed by atoms with Crippen LogP contribution in [-0.2, 0) is 17.9 Å². The Hall–Kier alpha value is -2.67. The summed E-state index contributed by atoms with van der Waals surface area (Å²) < 4.78 is 13.3. The van der Waals surface area contributed by atoms with Gasteiger partial charge < -0.3 is 15.1 Å². The molecule has 0 unspecified atom stereocenters. The summed E-state index contributed by atoms with van der Waals surface area (Å²) in [5, 5.41) is 5.05. The molecule has 0 spiro atoms. The van der Waals surface area contributed by atoms with Crippen LogP contribution in [0.4, 0.5) is 9.18 Å². The van der Waals surface area contributed by atoms with E-state index in [1.165, 1.54) is 23.5 Å². The van der Waals surface area contributed by atoms with Crippen LogP contribution in [-0.4, -0.2) is 40.9 Å². The molecule has 0 saturated heterocycles. The van der Waals surface area contributed by atoms with Gasteiger partial charge in [-0.2, -0.15) is 0 Å². The SMILES string of the molecule is C=CCN(CC(=O)N(Cc1ccc(F)cc1)Cc1cccs1)C(=O)NC1CCCCC1. The summed E-state index contributed by atoms with van der Waals surface area (Å²) in [6.07, 6.45) is 7.06. The highest BCUT2D eigenvalue weighted by Crippen LogP contribution is 2.18. The first-order valence-corrected chi connectivity index (χ1v) is 11.6. The van der Waals surface area contributed by atoms with E-state index >= 15 is 0 Å². The van der Waals surface area contributed by atoms with Crippen LogP contribution < -0.4 is 5.32 Å².